The van der Waals surface area contributed by atoms with Crippen molar-refractivity contribution in [1.29, 1.82) is 0 Å². The van der Waals surface area contributed by atoms with Crippen LogP contribution in [0, 0.1) is 0 Å². The van der Waals surface area contributed by atoms with Gasteiger partial charge in [-0.2, -0.15) is 0 Å². The van der Waals surface area contributed by atoms with E-state index >= 15 is 0 Å². The predicted octanol–water partition coefficient (Wildman–Crippen LogP) is 2.29. The lowest BCUT2D eigenvalue weighted by Crippen LogP contribution is -2.46. The third-order valence-corrected chi connectivity index (χ3v) is 4.11. The molecule has 1 amide bonds. The summed E-state index contributed by atoms with van der Waals surface area (Å²) >= 11 is 5.72. The Labute approximate surface area is 111 Å². The van der Waals surface area contributed by atoms with E-state index in [0.29, 0.717) is 17.8 Å². The molecule has 0 aliphatic carbocycles. The smallest absolute Gasteiger partial charge is 0.289 e. The van der Waals surface area contributed by atoms with Gasteiger partial charge in [0.2, 0.25) is 0 Å². The summed E-state index contributed by atoms with van der Waals surface area (Å²) in [5, 5.41) is 3.76. The molecule has 3 heterocycles. The van der Waals surface area contributed by atoms with Gasteiger partial charge in [0.1, 0.15) is 0 Å². The lowest BCUT2D eigenvalue weighted by molar-refractivity contribution is 0.0679. The van der Waals surface area contributed by atoms with Gasteiger partial charge in [-0.05, 0) is 56.0 Å². The van der Waals surface area contributed by atoms with Crippen LogP contribution in [-0.2, 0) is 0 Å². The number of nitrogens with one attached hydrogen (secondary N) is 1. The molecule has 2 aliphatic heterocycles. The number of hydrogen-bond acceptors (Lipinski definition) is 3. The normalized spacial score (nSPS) is 27.9. The van der Waals surface area contributed by atoms with Gasteiger partial charge in [0, 0.05) is 18.6 Å². The van der Waals surface area contributed by atoms with Crippen LogP contribution in [0.3, 0.4) is 0 Å². The van der Waals surface area contributed by atoms with E-state index < -0.39 is 0 Å². The van der Waals surface area contributed by atoms with Crippen molar-refractivity contribution >= 4 is 17.5 Å². The minimum absolute atomic E-state index is 0.0295. The number of carbonyl (C=O) groups is 1. The summed E-state index contributed by atoms with van der Waals surface area (Å²) in [5.74, 6) is 0.322. The Hall–Kier alpha value is -1.00. The summed E-state index contributed by atoms with van der Waals surface area (Å²) in [6, 6.07) is 4.03. The van der Waals surface area contributed by atoms with E-state index in [0.717, 1.165) is 32.4 Å². The molecule has 2 atom stereocenters. The highest BCUT2D eigenvalue weighted by atomic mass is 35.5. The highest BCUT2D eigenvalue weighted by Gasteiger charge is 2.37. The molecule has 2 unspecified atom stereocenters. The van der Waals surface area contributed by atoms with E-state index in [4.69, 9.17) is 16.0 Å². The van der Waals surface area contributed by atoms with Gasteiger partial charge in [-0.3, -0.25) is 4.79 Å². The molecule has 1 aromatic rings. The van der Waals surface area contributed by atoms with E-state index in [1.54, 1.807) is 12.1 Å². The van der Waals surface area contributed by atoms with Crippen molar-refractivity contribution in [3.05, 3.63) is 23.1 Å². The number of amides is 1. The first-order chi connectivity index (χ1) is 8.75. The molecule has 0 saturated carbocycles. The number of furan rings is 1. The zero-order chi connectivity index (χ0) is 12.5. The Morgan fingerprint density at radius 3 is 2.94 bits per heavy atom. The van der Waals surface area contributed by atoms with Crippen molar-refractivity contribution < 1.29 is 9.21 Å². The second-order valence-corrected chi connectivity index (χ2v) is 5.39. The first kappa shape index (κ1) is 12.1. The maximum absolute atomic E-state index is 12.4. The number of carbonyl (C=O) groups excluding carboxylic acids is 1. The van der Waals surface area contributed by atoms with E-state index in [9.17, 15) is 4.79 Å². The summed E-state index contributed by atoms with van der Waals surface area (Å²) in [4.78, 5) is 14.3. The van der Waals surface area contributed by atoms with Crippen molar-refractivity contribution in [1.82, 2.24) is 10.2 Å². The lowest BCUT2D eigenvalue weighted by atomic mass is 10.0. The Balaban J connectivity index is 1.75. The van der Waals surface area contributed by atoms with E-state index in [1.807, 2.05) is 4.90 Å². The van der Waals surface area contributed by atoms with Crippen molar-refractivity contribution in [2.24, 2.45) is 0 Å². The van der Waals surface area contributed by atoms with Crippen LogP contribution in [-0.4, -0.2) is 36.0 Å². The van der Waals surface area contributed by atoms with Crippen LogP contribution < -0.4 is 5.32 Å². The molecule has 2 aliphatic rings. The second-order valence-electron chi connectivity index (χ2n) is 5.01. The molecule has 0 spiro atoms. The number of halogens is 1. The molecule has 0 aromatic carbocycles. The molecule has 2 fully saturated rings. The molecular weight excluding hydrogens is 252 g/mol. The summed E-state index contributed by atoms with van der Waals surface area (Å²) < 4.78 is 5.22. The third-order valence-electron chi connectivity index (χ3n) is 3.91. The fourth-order valence-corrected chi connectivity index (χ4v) is 3.22. The van der Waals surface area contributed by atoms with E-state index in [1.165, 1.54) is 6.42 Å². The summed E-state index contributed by atoms with van der Waals surface area (Å²) in [6.45, 7) is 1.88. The molecule has 98 valence electrons. The quantitative estimate of drug-likeness (QED) is 0.895. The third kappa shape index (κ3) is 2.15. The van der Waals surface area contributed by atoms with Crippen LogP contribution in [0.2, 0.25) is 5.22 Å². The highest BCUT2D eigenvalue weighted by Crippen LogP contribution is 2.27. The van der Waals surface area contributed by atoms with Crippen molar-refractivity contribution in [3.8, 4) is 0 Å². The molecule has 1 aromatic heterocycles. The van der Waals surface area contributed by atoms with Crippen molar-refractivity contribution in [2.75, 3.05) is 13.1 Å². The van der Waals surface area contributed by atoms with Gasteiger partial charge in [0.25, 0.3) is 5.91 Å². The summed E-state index contributed by atoms with van der Waals surface area (Å²) in [6.07, 6.45) is 4.52. The predicted molar refractivity (Wildman–Crippen MR) is 68.8 cm³/mol. The molecular formula is C13H17ClN2O2. The SMILES string of the molecule is O=C(c1ccc(Cl)o1)N1CCCC1C1CCCN1. The Bertz CT molecular complexity index is 440. The summed E-state index contributed by atoms with van der Waals surface area (Å²) in [7, 11) is 0. The fourth-order valence-electron chi connectivity index (χ4n) is 3.07. The maximum atomic E-state index is 12.4. The topological polar surface area (TPSA) is 45.5 Å². The average Bonchev–Trinajstić information content (AvgIpc) is 3.08. The van der Waals surface area contributed by atoms with Crippen molar-refractivity contribution in [2.45, 2.75) is 37.8 Å². The Morgan fingerprint density at radius 2 is 2.28 bits per heavy atom. The highest BCUT2D eigenvalue weighted by molar-refractivity contribution is 6.29. The molecule has 0 radical (unpaired) electrons. The van der Waals surface area contributed by atoms with Gasteiger partial charge in [-0.25, -0.2) is 0 Å². The molecule has 0 bridgehead atoms. The van der Waals surface area contributed by atoms with Gasteiger partial charge in [0.05, 0.1) is 0 Å². The first-order valence-corrected chi connectivity index (χ1v) is 6.93. The minimum atomic E-state index is -0.0295. The van der Waals surface area contributed by atoms with Crippen LogP contribution in [0.25, 0.3) is 0 Å². The Morgan fingerprint density at radius 1 is 1.39 bits per heavy atom. The van der Waals surface area contributed by atoms with E-state index in [2.05, 4.69) is 5.32 Å². The second kappa shape index (κ2) is 4.94. The zero-order valence-electron chi connectivity index (χ0n) is 10.2. The number of nitrogens with zero attached hydrogens (tertiary/aromatic N) is 1. The maximum Gasteiger partial charge on any atom is 0.289 e. The average molecular weight is 269 g/mol. The number of hydrogen-bond donors (Lipinski definition) is 1. The molecule has 4 nitrogen and oxygen atoms in total. The number of likely N-dealkylation sites (tertiary alicyclic amines) is 1. The van der Waals surface area contributed by atoms with Gasteiger partial charge in [0.15, 0.2) is 11.0 Å². The Kier molecular flexibility index (Phi) is 3.31. The van der Waals surface area contributed by atoms with Crippen LogP contribution >= 0.6 is 11.6 Å². The lowest BCUT2D eigenvalue weighted by Gasteiger charge is -2.28. The minimum Gasteiger partial charge on any atom is -0.440 e. The first-order valence-electron chi connectivity index (χ1n) is 6.55. The molecule has 1 N–H and O–H groups in total. The molecule has 3 rings (SSSR count). The zero-order valence-corrected chi connectivity index (χ0v) is 10.9. The molecule has 18 heavy (non-hydrogen) atoms. The van der Waals surface area contributed by atoms with Crippen LogP contribution in [0.1, 0.15) is 36.2 Å². The summed E-state index contributed by atoms with van der Waals surface area (Å²) in [5.41, 5.74) is 0. The van der Waals surface area contributed by atoms with Crippen LogP contribution in [0.4, 0.5) is 0 Å². The standard InChI is InChI=1S/C13H17ClN2O2/c14-12-6-5-11(18-12)13(17)16-8-2-4-10(16)9-3-1-7-15-9/h5-6,9-10,15H,1-4,7-8H2. The van der Waals surface area contributed by atoms with Gasteiger partial charge >= 0.3 is 0 Å². The fraction of sp³-hybridized carbons (Fsp3) is 0.615. The van der Waals surface area contributed by atoms with Gasteiger partial charge < -0.3 is 14.6 Å². The van der Waals surface area contributed by atoms with Gasteiger partial charge in [-0.15, -0.1) is 0 Å². The largest absolute Gasteiger partial charge is 0.440 e. The van der Waals surface area contributed by atoms with Crippen LogP contribution in [0.5, 0.6) is 0 Å². The number of rotatable bonds is 2. The molecule has 5 heteroatoms. The van der Waals surface area contributed by atoms with Gasteiger partial charge in [-0.1, -0.05) is 0 Å². The molecule has 2 saturated heterocycles. The van der Waals surface area contributed by atoms with Crippen LogP contribution in [0.15, 0.2) is 16.5 Å². The van der Waals surface area contributed by atoms with Crippen molar-refractivity contribution in [3.63, 3.8) is 0 Å². The monoisotopic (exact) mass is 268 g/mol. The van der Waals surface area contributed by atoms with E-state index in [-0.39, 0.29) is 11.1 Å².